The van der Waals surface area contributed by atoms with Crippen LogP contribution >= 0.6 is 27.3 Å². The molecule has 0 saturated heterocycles. The highest BCUT2D eigenvalue weighted by Crippen LogP contribution is 2.32. The first-order valence-corrected chi connectivity index (χ1v) is 8.88. The Balaban J connectivity index is 1.82. The molecular formula is C18H17BrN2OS. The smallest absolute Gasteiger partial charge is 0.187 e. The highest BCUT2D eigenvalue weighted by atomic mass is 79.9. The summed E-state index contributed by atoms with van der Waals surface area (Å²) in [7, 11) is 1.66. The molecule has 0 aliphatic heterocycles. The standard InChI is InChI=1S/C18H17BrN2OS/c1-11-4-6-14(8-12(11)2)20-18-21-16(10-23-18)13-5-7-17(22-3)15(19)9-13/h4-10H,1-3H3,(H,20,21). The van der Waals surface area contributed by atoms with Crippen LogP contribution < -0.4 is 10.1 Å². The number of benzene rings is 2. The number of hydrogen-bond acceptors (Lipinski definition) is 4. The van der Waals surface area contributed by atoms with Crippen LogP contribution in [0.15, 0.2) is 46.3 Å². The third-order valence-electron chi connectivity index (χ3n) is 3.71. The van der Waals surface area contributed by atoms with Gasteiger partial charge in [-0.1, -0.05) is 6.07 Å². The third kappa shape index (κ3) is 3.57. The Labute approximate surface area is 148 Å². The zero-order chi connectivity index (χ0) is 16.4. The molecule has 1 N–H and O–H groups in total. The summed E-state index contributed by atoms with van der Waals surface area (Å²) in [6.45, 7) is 4.23. The van der Waals surface area contributed by atoms with Gasteiger partial charge in [0.1, 0.15) is 5.75 Å². The minimum Gasteiger partial charge on any atom is -0.496 e. The molecule has 0 aliphatic carbocycles. The number of aromatic nitrogens is 1. The van der Waals surface area contributed by atoms with Crippen LogP contribution in [0.3, 0.4) is 0 Å². The number of rotatable bonds is 4. The van der Waals surface area contributed by atoms with Crippen molar-refractivity contribution in [2.45, 2.75) is 13.8 Å². The monoisotopic (exact) mass is 388 g/mol. The van der Waals surface area contributed by atoms with Crippen LogP contribution in [0.5, 0.6) is 5.75 Å². The maximum absolute atomic E-state index is 5.26. The summed E-state index contributed by atoms with van der Waals surface area (Å²) in [6.07, 6.45) is 0. The van der Waals surface area contributed by atoms with Crippen molar-refractivity contribution in [2.75, 3.05) is 12.4 Å². The number of nitrogens with zero attached hydrogens (tertiary/aromatic N) is 1. The van der Waals surface area contributed by atoms with E-state index in [1.807, 2.05) is 18.2 Å². The second kappa shape index (κ2) is 6.72. The van der Waals surface area contributed by atoms with Crippen LogP contribution in [0, 0.1) is 13.8 Å². The molecule has 0 aliphatic rings. The maximum atomic E-state index is 5.26. The second-order valence-corrected chi connectivity index (χ2v) is 7.02. The Morgan fingerprint density at radius 2 is 1.91 bits per heavy atom. The highest BCUT2D eigenvalue weighted by Gasteiger charge is 2.08. The summed E-state index contributed by atoms with van der Waals surface area (Å²) in [5.74, 6) is 0.817. The molecule has 0 atom stereocenters. The number of hydrogen-bond donors (Lipinski definition) is 1. The molecule has 0 fully saturated rings. The lowest BCUT2D eigenvalue weighted by Gasteiger charge is -2.06. The third-order valence-corrected chi connectivity index (χ3v) is 5.09. The van der Waals surface area contributed by atoms with Crippen molar-refractivity contribution >= 4 is 38.1 Å². The topological polar surface area (TPSA) is 34.1 Å². The molecule has 2 aromatic carbocycles. The summed E-state index contributed by atoms with van der Waals surface area (Å²) >= 11 is 5.11. The lowest BCUT2D eigenvalue weighted by molar-refractivity contribution is 0.412. The summed E-state index contributed by atoms with van der Waals surface area (Å²) < 4.78 is 6.19. The molecule has 0 bridgehead atoms. The first kappa shape index (κ1) is 16.0. The highest BCUT2D eigenvalue weighted by molar-refractivity contribution is 9.10. The van der Waals surface area contributed by atoms with Gasteiger partial charge in [0.05, 0.1) is 17.3 Å². The summed E-state index contributed by atoms with van der Waals surface area (Å²) in [4.78, 5) is 4.67. The molecule has 118 valence electrons. The molecule has 23 heavy (non-hydrogen) atoms. The van der Waals surface area contributed by atoms with Gasteiger partial charge in [-0.05, 0) is 71.2 Å². The van der Waals surface area contributed by atoms with Gasteiger partial charge in [-0.2, -0.15) is 0 Å². The molecule has 3 nitrogen and oxygen atoms in total. The second-order valence-electron chi connectivity index (χ2n) is 5.31. The average Bonchev–Trinajstić information content (AvgIpc) is 2.99. The van der Waals surface area contributed by atoms with E-state index >= 15 is 0 Å². The van der Waals surface area contributed by atoms with Gasteiger partial charge < -0.3 is 10.1 Å². The first-order valence-electron chi connectivity index (χ1n) is 7.20. The Morgan fingerprint density at radius 1 is 1.09 bits per heavy atom. The predicted octanol–water partition coefficient (Wildman–Crippen LogP) is 5.94. The van der Waals surface area contributed by atoms with E-state index < -0.39 is 0 Å². The molecule has 0 spiro atoms. The van der Waals surface area contributed by atoms with Gasteiger partial charge in [0.2, 0.25) is 0 Å². The Kier molecular flexibility index (Phi) is 4.68. The fourth-order valence-corrected chi connectivity index (χ4v) is 3.51. The fraction of sp³-hybridized carbons (Fsp3) is 0.167. The Bertz CT molecular complexity index is 845. The van der Waals surface area contributed by atoms with Crippen LogP contribution in [0.1, 0.15) is 11.1 Å². The van der Waals surface area contributed by atoms with Crippen molar-refractivity contribution in [1.29, 1.82) is 0 Å². The van der Waals surface area contributed by atoms with E-state index in [0.717, 1.165) is 32.3 Å². The Morgan fingerprint density at radius 3 is 2.61 bits per heavy atom. The van der Waals surface area contributed by atoms with E-state index in [2.05, 4.69) is 63.7 Å². The van der Waals surface area contributed by atoms with Crippen LogP contribution in [0.2, 0.25) is 0 Å². The van der Waals surface area contributed by atoms with Crippen molar-refractivity contribution in [2.24, 2.45) is 0 Å². The first-order chi connectivity index (χ1) is 11.1. The van der Waals surface area contributed by atoms with Crippen LogP contribution in [-0.4, -0.2) is 12.1 Å². The van der Waals surface area contributed by atoms with Crippen molar-refractivity contribution in [3.05, 3.63) is 57.4 Å². The van der Waals surface area contributed by atoms with Gasteiger partial charge in [0.15, 0.2) is 5.13 Å². The maximum Gasteiger partial charge on any atom is 0.187 e. The van der Waals surface area contributed by atoms with Gasteiger partial charge in [-0.25, -0.2) is 4.98 Å². The van der Waals surface area contributed by atoms with Crippen molar-refractivity contribution in [1.82, 2.24) is 4.98 Å². The number of aryl methyl sites for hydroxylation is 2. The van der Waals surface area contributed by atoms with E-state index in [0.29, 0.717) is 0 Å². The van der Waals surface area contributed by atoms with Gasteiger partial charge in [0, 0.05) is 16.6 Å². The molecule has 0 saturated carbocycles. The zero-order valence-electron chi connectivity index (χ0n) is 13.2. The molecule has 0 radical (unpaired) electrons. The fourth-order valence-electron chi connectivity index (χ4n) is 2.23. The molecule has 0 unspecified atom stereocenters. The van der Waals surface area contributed by atoms with E-state index in [4.69, 9.17) is 4.74 Å². The summed E-state index contributed by atoms with van der Waals surface area (Å²) in [5.41, 5.74) is 5.63. The molecular weight excluding hydrogens is 372 g/mol. The van der Waals surface area contributed by atoms with Crippen molar-refractivity contribution < 1.29 is 4.74 Å². The average molecular weight is 389 g/mol. The minimum absolute atomic E-state index is 0.817. The number of halogens is 1. The quantitative estimate of drug-likeness (QED) is 0.600. The van der Waals surface area contributed by atoms with E-state index in [-0.39, 0.29) is 0 Å². The SMILES string of the molecule is COc1ccc(-c2csc(Nc3ccc(C)c(C)c3)n2)cc1Br. The molecule has 1 heterocycles. The number of ether oxygens (including phenoxy) is 1. The Hall–Kier alpha value is -1.85. The number of thiazole rings is 1. The molecule has 0 amide bonds. The molecule has 1 aromatic heterocycles. The predicted molar refractivity (Wildman–Crippen MR) is 101 cm³/mol. The largest absolute Gasteiger partial charge is 0.496 e. The van der Waals surface area contributed by atoms with Crippen LogP contribution in [0.25, 0.3) is 11.3 Å². The van der Waals surface area contributed by atoms with Gasteiger partial charge >= 0.3 is 0 Å². The van der Waals surface area contributed by atoms with Crippen molar-refractivity contribution in [3.63, 3.8) is 0 Å². The molecule has 3 rings (SSSR count). The molecule has 5 heteroatoms. The number of anilines is 2. The summed E-state index contributed by atoms with van der Waals surface area (Å²) in [6, 6.07) is 12.3. The lowest BCUT2D eigenvalue weighted by Crippen LogP contribution is -1.91. The van der Waals surface area contributed by atoms with Crippen LogP contribution in [0.4, 0.5) is 10.8 Å². The van der Waals surface area contributed by atoms with Crippen molar-refractivity contribution in [3.8, 4) is 17.0 Å². The van der Waals surface area contributed by atoms with E-state index in [1.165, 1.54) is 11.1 Å². The van der Waals surface area contributed by atoms with Gasteiger partial charge in [0.25, 0.3) is 0 Å². The van der Waals surface area contributed by atoms with Gasteiger partial charge in [-0.15, -0.1) is 11.3 Å². The molecule has 3 aromatic rings. The number of methoxy groups -OCH3 is 1. The summed E-state index contributed by atoms with van der Waals surface area (Å²) in [5, 5.41) is 6.31. The number of nitrogens with one attached hydrogen (secondary N) is 1. The minimum atomic E-state index is 0.817. The van der Waals surface area contributed by atoms with Gasteiger partial charge in [-0.3, -0.25) is 0 Å². The van der Waals surface area contributed by atoms with E-state index in [1.54, 1.807) is 18.4 Å². The zero-order valence-corrected chi connectivity index (χ0v) is 15.6. The lowest BCUT2D eigenvalue weighted by atomic mass is 10.1. The normalized spacial score (nSPS) is 10.6. The van der Waals surface area contributed by atoms with Crippen LogP contribution in [-0.2, 0) is 0 Å². The van der Waals surface area contributed by atoms with E-state index in [9.17, 15) is 0 Å².